The van der Waals surface area contributed by atoms with Gasteiger partial charge in [0.1, 0.15) is 0 Å². The average Bonchev–Trinajstić information content (AvgIpc) is 2.38. The highest BCUT2D eigenvalue weighted by molar-refractivity contribution is 9.10. The van der Waals surface area contributed by atoms with E-state index in [0.29, 0.717) is 6.54 Å². The van der Waals surface area contributed by atoms with Crippen LogP contribution < -0.4 is 11.1 Å². The SMILES string of the molecule is CC(C)(CN)NC(=O)CCCS(=O)(=O)c1ccc(Br)cc1. The second kappa shape index (κ2) is 7.38. The van der Waals surface area contributed by atoms with Gasteiger partial charge in [-0.05, 0) is 44.5 Å². The van der Waals surface area contributed by atoms with Gasteiger partial charge in [0.2, 0.25) is 5.91 Å². The van der Waals surface area contributed by atoms with E-state index >= 15 is 0 Å². The fourth-order valence-corrected chi connectivity index (χ4v) is 3.25. The molecule has 0 saturated heterocycles. The van der Waals surface area contributed by atoms with Crippen LogP contribution in [0.1, 0.15) is 26.7 Å². The fourth-order valence-electron chi connectivity index (χ4n) is 1.67. The topological polar surface area (TPSA) is 89.3 Å². The largest absolute Gasteiger partial charge is 0.350 e. The van der Waals surface area contributed by atoms with Gasteiger partial charge in [-0.2, -0.15) is 0 Å². The molecule has 1 rings (SSSR count). The van der Waals surface area contributed by atoms with E-state index in [1.807, 2.05) is 13.8 Å². The van der Waals surface area contributed by atoms with Gasteiger partial charge in [-0.25, -0.2) is 8.42 Å². The summed E-state index contributed by atoms with van der Waals surface area (Å²) in [5.41, 5.74) is 5.06. The van der Waals surface area contributed by atoms with Crippen molar-refractivity contribution in [2.45, 2.75) is 37.1 Å². The lowest BCUT2D eigenvalue weighted by Crippen LogP contribution is -2.48. The van der Waals surface area contributed by atoms with Crippen molar-refractivity contribution in [2.75, 3.05) is 12.3 Å². The van der Waals surface area contributed by atoms with Gasteiger partial charge in [0.15, 0.2) is 9.84 Å². The summed E-state index contributed by atoms with van der Waals surface area (Å²) in [6, 6.07) is 6.47. The maximum atomic E-state index is 12.1. The number of nitrogens with two attached hydrogens (primary N) is 1. The van der Waals surface area contributed by atoms with Crippen molar-refractivity contribution >= 4 is 31.7 Å². The van der Waals surface area contributed by atoms with E-state index in [1.165, 1.54) is 0 Å². The Morgan fingerprint density at radius 2 is 1.86 bits per heavy atom. The summed E-state index contributed by atoms with van der Waals surface area (Å²) in [5, 5.41) is 2.77. The van der Waals surface area contributed by atoms with Crippen LogP contribution in [0.5, 0.6) is 0 Å². The van der Waals surface area contributed by atoms with Crippen LogP contribution >= 0.6 is 15.9 Å². The van der Waals surface area contributed by atoms with Gasteiger partial charge in [-0.1, -0.05) is 15.9 Å². The summed E-state index contributed by atoms with van der Waals surface area (Å²) in [6.45, 7) is 3.98. The minimum Gasteiger partial charge on any atom is -0.350 e. The number of hydrogen-bond acceptors (Lipinski definition) is 4. The van der Waals surface area contributed by atoms with Gasteiger partial charge in [0.05, 0.1) is 10.6 Å². The molecule has 0 aliphatic heterocycles. The first-order valence-corrected chi connectivity index (χ1v) is 9.10. The predicted octanol–water partition coefficient (Wildman–Crippen LogP) is 1.86. The van der Waals surface area contributed by atoms with Crippen LogP contribution in [0.3, 0.4) is 0 Å². The van der Waals surface area contributed by atoms with E-state index in [0.717, 1.165) is 4.47 Å². The number of carbonyl (C=O) groups is 1. The molecule has 21 heavy (non-hydrogen) atoms. The van der Waals surface area contributed by atoms with Gasteiger partial charge >= 0.3 is 0 Å². The molecule has 0 heterocycles. The molecule has 0 fully saturated rings. The Kier molecular flexibility index (Phi) is 6.37. The zero-order chi connectivity index (χ0) is 16.1. The van der Waals surface area contributed by atoms with E-state index in [-0.39, 0.29) is 29.4 Å². The van der Waals surface area contributed by atoms with Gasteiger partial charge in [0.25, 0.3) is 0 Å². The Hall–Kier alpha value is -0.920. The molecule has 0 aliphatic rings. The number of rotatable bonds is 7. The van der Waals surface area contributed by atoms with Crippen LogP contribution in [0.4, 0.5) is 0 Å². The van der Waals surface area contributed by atoms with Gasteiger partial charge in [-0.15, -0.1) is 0 Å². The molecule has 0 radical (unpaired) electrons. The molecule has 0 saturated carbocycles. The minimum absolute atomic E-state index is 0.0505. The van der Waals surface area contributed by atoms with Crippen molar-refractivity contribution in [1.29, 1.82) is 0 Å². The Bertz CT molecular complexity index is 583. The lowest BCUT2D eigenvalue weighted by Gasteiger charge is -2.24. The van der Waals surface area contributed by atoms with Crippen LogP contribution in [-0.4, -0.2) is 32.2 Å². The van der Waals surface area contributed by atoms with Gasteiger partial charge in [0, 0.05) is 23.0 Å². The van der Waals surface area contributed by atoms with Crippen molar-refractivity contribution in [2.24, 2.45) is 5.73 Å². The number of carbonyl (C=O) groups excluding carboxylic acids is 1. The zero-order valence-electron chi connectivity index (χ0n) is 12.2. The molecular formula is C14H21BrN2O3S. The summed E-state index contributed by atoms with van der Waals surface area (Å²) in [4.78, 5) is 12.0. The van der Waals surface area contributed by atoms with Crippen molar-refractivity contribution in [3.63, 3.8) is 0 Å². The van der Waals surface area contributed by atoms with Crippen molar-refractivity contribution in [3.05, 3.63) is 28.7 Å². The van der Waals surface area contributed by atoms with Crippen LogP contribution in [-0.2, 0) is 14.6 Å². The van der Waals surface area contributed by atoms with E-state index in [2.05, 4.69) is 21.2 Å². The first-order chi connectivity index (χ1) is 9.66. The summed E-state index contributed by atoms with van der Waals surface area (Å²) in [7, 11) is -3.35. The number of sulfone groups is 1. The number of benzene rings is 1. The number of hydrogen-bond donors (Lipinski definition) is 2. The smallest absolute Gasteiger partial charge is 0.220 e. The van der Waals surface area contributed by atoms with Crippen LogP contribution in [0, 0.1) is 0 Å². The normalized spacial score (nSPS) is 12.2. The summed E-state index contributed by atoms with van der Waals surface area (Å²) in [6.07, 6.45) is 0.448. The Balaban J connectivity index is 2.51. The number of nitrogens with one attached hydrogen (secondary N) is 1. The molecule has 0 aliphatic carbocycles. The lowest BCUT2D eigenvalue weighted by atomic mass is 10.1. The van der Waals surface area contributed by atoms with E-state index in [1.54, 1.807) is 24.3 Å². The Labute approximate surface area is 134 Å². The monoisotopic (exact) mass is 376 g/mol. The second-order valence-corrected chi connectivity index (χ2v) is 8.54. The molecule has 0 atom stereocenters. The van der Waals surface area contributed by atoms with Crippen LogP contribution in [0.15, 0.2) is 33.6 Å². The molecule has 0 bridgehead atoms. The van der Waals surface area contributed by atoms with E-state index in [9.17, 15) is 13.2 Å². The van der Waals surface area contributed by atoms with E-state index < -0.39 is 15.4 Å². The quantitative estimate of drug-likeness (QED) is 0.759. The first kappa shape index (κ1) is 18.1. The maximum absolute atomic E-state index is 12.1. The molecule has 118 valence electrons. The van der Waals surface area contributed by atoms with Gasteiger partial charge < -0.3 is 11.1 Å². The Morgan fingerprint density at radius 1 is 1.29 bits per heavy atom. The zero-order valence-corrected chi connectivity index (χ0v) is 14.6. The minimum atomic E-state index is -3.35. The molecule has 0 aromatic heterocycles. The summed E-state index contributed by atoms with van der Waals surface area (Å²) >= 11 is 3.26. The average molecular weight is 377 g/mol. The fraction of sp³-hybridized carbons (Fsp3) is 0.500. The van der Waals surface area contributed by atoms with Crippen molar-refractivity contribution < 1.29 is 13.2 Å². The predicted molar refractivity (Wildman–Crippen MR) is 86.7 cm³/mol. The third-order valence-corrected chi connectivity index (χ3v) is 5.32. The summed E-state index contributed by atoms with van der Waals surface area (Å²) in [5.74, 6) is -0.234. The third-order valence-electron chi connectivity index (χ3n) is 2.98. The molecule has 0 unspecified atom stereocenters. The molecule has 1 amide bonds. The summed E-state index contributed by atoms with van der Waals surface area (Å²) < 4.78 is 25.0. The molecule has 0 spiro atoms. The molecule has 3 N–H and O–H groups in total. The van der Waals surface area contributed by atoms with Crippen molar-refractivity contribution in [3.8, 4) is 0 Å². The van der Waals surface area contributed by atoms with Gasteiger partial charge in [-0.3, -0.25) is 4.79 Å². The highest BCUT2D eigenvalue weighted by Gasteiger charge is 2.19. The van der Waals surface area contributed by atoms with Crippen LogP contribution in [0.2, 0.25) is 0 Å². The number of amides is 1. The van der Waals surface area contributed by atoms with E-state index in [4.69, 9.17) is 5.73 Å². The third kappa shape index (κ3) is 6.15. The highest BCUT2D eigenvalue weighted by Crippen LogP contribution is 2.17. The highest BCUT2D eigenvalue weighted by atomic mass is 79.9. The standard InChI is InChI=1S/C14H21BrN2O3S/c1-14(2,10-16)17-13(18)4-3-9-21(19,20)12-7-5-11(15)6-8-12/h5-8H,3-4,9-10,16H2,1-2H3,(H,17,18). The first-order valence-electron chi connectivity index (χ1n) is 6.66. The second-order valence-electron chi connectivity index (χ2n) is 5.51. The molecule has 7 heteroatoms. The molecule has 5 nitrogen and oxygen atoms in total. The molecule has 1 aromatic carbocycles. The molecule has 1 aromatic rings. The maximum Gasteiger partial charge on any atom is 0.220 e. The van der Waals surface area contributed by atoms with Crippen molar-refractivity contribution in [1.82, 2.24) is 5.32 Å². The van der Waals surface area contributed by atoms with Crippen LogP contribution in [0.25, 0.3) is 0 Å². The Morgan fingerprint density at radius 3 is 2.38 bits per heavy atom. The lowest BCUT2D eigenvalue weighted by molar-refractivity contribution is -0.122. The molecular weight excluding hydrogens is 356 g/mol. The number of halogens is 1.